The van der Waals surface area contributed by atoms with Gasteiger partial charge in [-0.05, 0) is 62.6 Å². The van der Waals surface area contributed by atoms with Crippen LogP contribution in [0, 0.1) is 18.7 Å². The summed E-state index contributed by atoms with van der Waals surface area (Å²) >= 11 is 0. The van der Waals surface area contributed by atoms with Gasteiger partial charge in [0.25, 0.3) is 0 Å². The Morgan fingerprint density at radius 2 is 2.07 bits per heavy atom. The zero-order chi connectivity index (χ0) is 26.8. The number of aryl methyl sites for hydroxylation is 1. The summed E-state index contributed by atoms with van der Waals surface area (Å²) in [5.41, 5.74) is 11.4. The van der Waals surface area contributed by atoms with Crippen LogP contribution < -0.4 is 5.43 Å². The molecule has 41 heavy (non-hydrogen) atoms. The predicted octanol–water partition coefficient (Wildman–Crippen LogP) is 4.84. The Hall–Kier alpha value is -4.18. The lowest BCUT2D eigenvalue weighted by molar-refractivity contribution is 0.259. The SMILES string of the molecule is Cc1cccc(F)c1CN1CCCC[C@@H](c2cn(C3=CC4CC45NN=C(c4ccc6nccn6c4)C5=C3)nn2)C1.F. The summed E-state index contributed by atoms with van der Waals surface area (Å²) in [6, 6.07) is 9.46. The molecule has 1 spiro atoms. The van der Waals surface area contributed by atoms with E-state index >= 15 is 0 Å². The standard InChI is InChI=1S/C31H31FN8.FH/c1-20-5-4-7-27(32)25(20)18-38-11-3-2-6-21(16-38)28-19-40(37-34-28)24-13-23-15-31(23)26(14-24)30(35-36-31)22-8-9-29-33-10-12-39(29)17-22;/h4-5,7-10,12-14,17,19,21,23,36H,2-3,6,11,15-16,18H2,1H3;1H/t21-,23?,31?;/m1./s1. The smallest absolute Gasteiger partial charge is 0.136 e. The number of halogens is 2. The molecule has 0 bridgehead atoms. The van der Waals surface area contributed by atoms with Crippen LogP contribution in [-0.2, 0) is 6.54 Å². The molecule has 4 aromatic rings. The molecule has 2 aliphatic carbocycles. The van der Waals surface area contributed by atoms with Crippen molar-refractivity contribution in [3.8, 4) is 0 Å². The zero-order valence-corrected chi connectivity index (χ0v) is 22.9. The lowest BCUT2D eigenvalue weighted by Crippen LogP contribution is -2.29. The van der Waals surface area contributed by atoms with Gasteiger partial charge in [0.15, 0.2) is 0 Å². The van der Waals surface area contributed by atoms with Gasteiger partial charge in [-0.3, -0.25) is 15.0 Å². The van der Waals surface area contributed by atoms with Crippen LogP contribution in [0.15, 0.2) is 77.9 Å². The van der Waals surface area contributed by atoms with Crippen LogP contribution in [0.4, 0.5) is 9.09 Å². The first-order valence-electron chi connectivity index (χ1n) is 14.2. The fraction of sp³-hybridized carbons (Fsp3) is 0.355. The van der Waals surface area contributed by atoms with Crippen molar-refractivity contribution in [1.82, 2.24) is 34.7 Å². The minimum absolute atomic E-state index is 0. The van der Waals surface area contributed by atoms with Gasteiger partial charge < -0.3 is 4.40 Å². The number of nitrogens with zero attached hydrogens (tertiary/aromatic N) is 7. The van der Waals surface area contributed by atoms with Crippen LogP contribution in [0.25, 0.3) is 11.3 Å². The molecule has 1 saturated heterocycles. The number of rotatable bonds is 5. The average Bonchev–Trinajstić information content (AvgIpc) is 3.23. The second-order valence-electron chi connectivity index (χ2n) is 11.7. The average molecular weight is 555 g/mol. The topological polar surface area (TPSA) is 75.6 Å². The van der Waals surface area contributed by atoms with Crippen LogP contribution in [0.5, 0.6) is 0 Å². The Bertz CT molecular complexity index is 1710. The van der Waals surface area contributed by atoms with Gasteiger partial charge in [0.05, 0.1) is 28.8 Å². The van der Waals surface area contributed by atoms with Gasteiger partial charge >= 0.3 is 0 Å². The number of allylic oxidation sites excluding steroid dienone is 2. The van der Waals surface area contributed by atoms with Crippen molar-refractivity contribution in [2.75, 3.05) is 13.1 Å². The van der Waals surface area contributed by atoms with E-state index in [-0.39, 0.29) is 22.0 Å². The van der Waals surface area contributed by atoms with Crippen molar-refractivity contribution >= 4 is 17.1 Å². The maximum atomic E-state index is 14.6. The highest BCUT2D eigenvalue weighted by Crippen LogP contribution is 2.56. The number of hydrogen-bond donors (Lipinski definition) is 1. The third-order valence-corrected chi connectivity index (χ3v) is 9.13. The number of hydrazone groups is 1. The maximum absolute atomic E-state index is 14.6. The van der Waals surface area contributed by atoms with Gasteiger partial charge in [-0.1, -0.05) is 29.8 Å². The molecule has 210 valence electrons. The molecule has 3 aromatic heterocycles. The molecular weight excluding hydrogens is 522 g/mol. The lowest BCUT2D eigenvalue weighted by atomic mass is 9.91. The summed E-state index contributed by atoms with van der Waals surface area (Å²) < 4.78 is 18.5. The summed E-state index contributed by atoms with van der Waals surface area (Å²) in [5.74, 6) is 0.535. The highest BCUT2D eigenvalue weighted by atomic mass is 19.1. The Labute approximate surface area is 236 Å². The maximum Gasteiger partial charge on any atom is 0.136 e. The summed E-state index contributed by atoms with van der Waals surface area (Å²) in [7, 11) is 0. The number of fused-ring (bicyclic) bond motifs is 1. The number of imidazole rings is 1. The lowest BCUT2D eigenvalue weighted by Gasteiger charge is -2.24. The van der Waals surface area contributed by atoms with E-state index in [0.29, 0.717) is 12.5 Å². The first kappa shape index (κ1) is 25.8. The summed E-state index contributed by atoms with van der Waals surface area (Å²) in [6.07, 6.45) is 16.8. The monoisotopic (exact) mass is 554 g/mol. The Kier molecular flexibility index (Phi) is 6.11. The molecule has 1 aromatic carbocycles. The molecule has 4 aliphatic rings. The van der Waals surface area contributed by atoms with Crippen LogP contribution in [0.3, 0.4) is 0 Å². The number of benzene rings is 1. The molecule has 10 heteroatoms. The molecule has 3 atom stereocenters. The minimum Gasteiger partial charge on any atom is -0.306 e. The third kappa shape index (κ3) is 4.28. The number of aromatic nitrogens is 5. The molecule has 0 amide bonds. The predicted molar refractivity (Wildman–Crippen MR) is 154 cm³/mol. The first-order chi connectivity index (χ1) is 19.6. The Morgan fingerprint density at radius 3 is 2.98 bits per heavy atom. The van der Waals surface area contributed by atoms with E-state index in [1.807, 2.05) is 40.5 Å². The van der Waals surface area contributed by atoms with Crippen molar-refractivity contribution in [2.24, 2.45) is 11.0 Å². The van der Waals surface area contributed by atoms with Crippen molar-refractivity contribution in [2.45, 2.75) is 50.6 Å². The van der Waals surface area contributed by atoms with Crippen LogP contribution in [-0.4, -0.2) is 53.6 Å². The van der Waals surface area contributed by atoms with E-state index in [0.717, 1.165) is 78.2 Å². The second-order valence-corrected chi connectivity index (χ2v) is 11.7. The molecule has 2 fully saturated rings. The molecule has 8 rings (SSSR count). The van der Waals surface area contributed by atoms with Crippen molar-refractivity contribution in [1.29, 1.82) is 0 Å². The van der Waals surface area contributed by atoms with E-state index in [2.05, 4.69) is 56.2 Å². The Balaban J connectivity index is 0.00000276. The van der Waals surface area contributed by atoms with E-state index < -0.39 is 0 Å². The molecule has 2 aliphatic heterocycles. The molecule has 1 N–H and O–H groups in total. The largest absolute Gasteiger partial charge is 0.306 e. The second kappa shape index (κ2) is 9.73. The van der Waals surface area contributed by atoms with E-state index in [1.165, 1.54) is 5.57 Å². The van der Waals surface area contributed by atoms with E-state index in [1.54, 1.807) is 12.1 Å². The van der Waals surface area contributed by atoms with Gasteiger partial charge in [-0.15, -0.1) is 5.10 Å². The van der Waals surface area contributed by atoms with Gasteiger partial charge in [0.2, 0.25) is 0 Å². The van der Waals surface area contributed by atoms with Gasteiger partial charge in [-0.2, -0.15) is 5.10 Å². The minimum atomic E-state index is -0.116. The number of nitrogens with one attached hydrogen (secondary N) is 1. The van der Waals surface area contributed by atoms with Crippen molar-refractivity contribution in [3.63, 3.8) is 0 Å². The normalized spacial score (nSPS) is 25.3. The number of likely N-dealkylation sites (tertiary alicyclic amines) is 1. The summed E-state index contributed by atoms with van der Waals surface area (Å²) in [6.45, 7) is 4.45. The van der Waals surface area contributed by atoms with Gasteiger partial charge in [0.1, 0.15) is 11.5 Å². The van der Waals surface area contributed by atoms with E-state index in [4.69, 9.17) is 5.10 Å². The highest BCUT2D eigenvalue weighted by Gasteiger charge is 2.61. The fourth-order valence-electron chi connectivity index (χ4n) is 6.72. The summed E-state index contributed by atoms with van der Waals surface area (Å²) in [4.78, 5) is 6.75. The van der Waals surface area contributed by atoms with Crippen molar-refractivity contribution < 1.29 is 9.09 Å². The zero-order valence-electron chi connectivity index (χ0n) is 22.9. The number of hydrogen-bond acceptors (Lipinski definition) is 6. The quantitative estimate of drug-likeness (QED) is 0.382. The van der Waals surface area contributed by atoms with E-state index in [9.17, 15) is 4.39 Å². The first-order valence-corrected chi connectivity index (χ1v) is 14.2. The number of pyridine rings is 1. The molecule has 0 radical (unpaired) electrons. The van der Waals surface area contributed by atoms with Crippen LogP contribution >= 0.6 is 0 Å². The molecule has 5 heterocycles. The van der Waals surface area contributed by atoms with Crippen LogP contribution in [0.2, 0.25) is 0 Å². The van der Waals surface area contributed by atoms with Crippen molar-refractivity contribution in [3.05, 3.63) is 101 Å². The van der Waals surface area contributed by atoms with Crippen LogP contribution in [0.1, 0.15) is 54.0 Å². The molecule has 1 saturated carbocycles. The Morgan fingerprint density at radius 1 is 1.15 bits per heavy atom. The highest BCUT2D eigenvalue weighted by molar-refractivity contribution is 6.17. The van der Waals surface area contributed by atoms with Gasteiger partial charge in [-0.25, -0.2) is 14.1 Å². The third-order valence-electron chi connectivity index (χ3n) is 9.13. The molecular formula is C31H32F2N8. The van der Waals surface area contributed by atoms with Gasteiger partial charge in [0, 0.05) is 60.2 Å². The summed E-state index contributed by atoms with van der Waals surface area (Å²) in [5, 5.41) is 14.0. The molecule has 2 unspecified atom stereocenters. The molecule has 8 nitrogen and oxygen atoms in total. The fourth-order valence-corrected chi connectivity index (χ4v) is 6.72.